The second kappa shape index (κ2) is 11.2. The lowest BCUT2D eigenvalue weighted by molar-refractivity contribution is -0.141. The molecule has 0 saturated carbocycles. The van der Waals surface area contributed by atoms with Crippen LogP contribution < -0.4 is 11.2 Å². The van der Waals surface area contributed by atoms with Crippen molar-refractivity contribution in [3.63, 3.8) is 0 Å². The van der Waals surface area contributed by atoms with Crippen LogP contribution in [0.25, 0.3) is 21.7 Å². The summed E-state index contributed by atoms with van der Waals surface area (Å²) in [6, 6.07) is 9.38. The van der Waals surface area contributed by atoms with Gasteiger partial charge in [0.1, 0.15) is 17.2 Å². The molecule has 0 bridgehead atoms. The first-order valence-electron chi connectivity index (χ1n) is 11.9. The van der Waals surface area contributed by atoms with Crippen LogP contribution in [0.2, 0.25) is 0 Å². The summed E-state index contributed by atoms with van der Waals surface area (Å²) >= 11 is 1.27. The molecule has 10 nitrogen and oxygen atoms in total. The van der Waals surface area contributed by atoms with E-state index >= 15 is 0 Å². The van der Waals surface area contributed by atoms with Crippen molar-refractivity contribution < 1.29 is 24.2 Å². The van der Waals surface area contributed by atoms with Gasteiger partial charge in [0.05, 0.1) is 36.2 Å². The van der Waals surface area contributed by atoms with Crippen molar-refractivity contribution in [2.75, 3.05) is 13.2 Å². The fourth-order valence-electron chi connectivity index (χ4n) is 4.07. The van der Waals surface area contributed by atoms with Gasteiger partial charge >= 0.3 is 11.7 Å². The number of carboxylic acids is 1. The summed E-state index contributed by atoms with van der Waals surface area (Å²) in [5, 5.41) is 19.2. The molecule has 0 fully saturated rings. The Morgan fingerprint density at radius 3 is 2.51 bits per heavy atom. The molecule has 2 N–H and O–H groups in total. The average Bonchev–Trinajstić information content (AvgIpc) is 3.53. The molecule has 0 aliphatic heterocycles. The number of benzene rings is 1. The van der Waals surface area contributed by atoms with Crippen LogP contribution in [0, 0.1) is 18.8 Å². The zero-order valence-electron chi connectivity index (χ0n) is 20.8. The number of carboxylic acid groups (broad SMARTS) is 1. The summed E-state index contributed by atoms with van der Waals surface area (Å²) in [5.74, 6) is -1.95. The van der Waals surface area contributed by atoms with Crippen LogP contribution in [0.5, 0.6) is 0 Å². The molecule has 4 rings (SSSR count). The van der Waals surface area contributed by atoms with E-state index in [9.17, 15) is 24.6 Å². The number of aromatic nitrogens is 3. The number of fused-ring (bicyclic) bond motifs is 1. The molecule has 0 saturated heterocycles. The molecule has 37 heavy (non-hydrogen) atoms. The van der Waals surface area contributed by atoms with Gasteiger partial charge in [0.25, 0.3) is 5.56 Å². The van der Waals surface area contributed by atoms with Crippen LogP contribution in [0.3, 0.4) is 0 Å². The van der Waals surface area contributed by atoms with Crippen LogP contribution in [0.4, 0.5) is 0 Å². The molecule has 3 atom stereocenters. The molecule has 0 spiro atoms. The Labute approximate surface area is 216 Å². The monoisotopic (exact) mass is 527 g/mol. The largest absolute Gasteiger partial charge is 0.481 e. The molecular formula is C26H29N3O7S. The van der Waals surface area contributed by atoms with Crippen LogP contribution in [-0.4, -0.2) is 43.5 Å². The van der Waals surface area contributed by atoms with Gasteiger partial charge in [0.2, 0.25) is 5.89 Å². The van der Waals surface area contributed by atoms with Gasteiger partial charge in [-0.05, 0) is 12.5 Å². The molecule has 196 valence electrons. The van der Waals surface area contributed by atoms with Crippen LogP contribution in [0.15, 0.2) is 56.8 Å². The highest BCUT2D eigenvalue weighted by molar-refractivity contribution is 7.19. The third-order valence-electron chi connectivity index (χ3n) is 6.17. The first kappa shape index (κ1) is 26.5. The SMILES string of the molecule is Cc1sc2c(c1-c1ncco1)c(=O)n(CC(C)C(=O)O)c(=O)n2C[C@H](OCC(C)CO)c1ccccc1. The van der Waals surface area contributed by atoms with E-state index in [-0.39, 0.29) is 43.5 Å². The van der Waals surface area contributed by atoms with E-state index in [0.717, 1.165) is 15.0 Å². The van der Waals surface area contributed by atoms with Gasteiger partial charge < -0.3 is 19.4 Å². The summed E-state index contributed by atoms with van der Waals surface area (Å²) in [6.07, 6.45) is 2.31. The normalized spacial score (nSPS) is 14.1. The Balaban J connectivity index is 1.93. The minimum Gasteiger partial charge on any atom is -0.481 e. The lowest BCUT2D eigenvalue weighted by atomic mass is 10.1. The highest BCUT2D eigenvalue weighted by Gasteiger charge is 2.27. The minimum absolute atomic E-state index is 0.0483. The van der Waals surface area contributed by atoms with Crippen molar-refractivity contribution in [2.24, 2.45) is 11.8 Å². The van der Waals surface area contributed by atoms with Gasteiger partial charge in [-0.3, -0.25) is 18.7 Å². The van der Waals surface area contributed by atoms with Gasteiger partial charge in [-0.1, -0.05) is 44.2 Å². The van der Waals surface area contributed by atoms with Crippen molar-refractivity contribution in [3.8, 4) is 11.5 Å². The number of thiophene rings is 1. The lowest BCUT2D eigenvalue weighted by Gasteiger charge is -2.22. The first-order chi connectivity index (χ1) is 17.7. The summed E-state index contributed by atoms with van der Waals surface area (Å²) in [7, 11) is 0. The molecule has 0 radical (unpaired) electrons. The molecule has 3 aromatic heterocycles. The molecule has 1 aromatic carbocycles. The third kappa shape index (κ3) is 5.43. The van der Waals surface area contributed by atoms with Gasteiger partial charge in [-0.15, -0.1) is 11.3 Å². The summed E-state index contributed by atoms with van der Waals surface area (Å²) in [6.45, 7) is 5.11. The zero-order valence-corrected chi connectivity index (χ0v) is 21.6. The minimum atomic E-state index is -1.11. The number of aryl methyl sites for hydroxylation is 1. The maximum Gasteiger partial charge on any atom is 0.332 e. The predicted molar refractivity (Wildman–Crippen MR) is 139 cm³/mol. The molecule has 3 heterocycles. The molecule has 2 unspecified atom stereocenters. The highest BCUT2D eigenvalue weighted by atomic mass is 32.1. The topological polar surface area (TPSA) is 137 Å². The van der Waals surface area contributed by atoms with Crippen LogP contribution in [0.1, 0.15) is 30.4 Å². The number of aliphatic carboxylic acids is 1. The van der Waals surface area contributed by atoms with Gasteiger partial charge in [-0.2, -0.15) is 0 Å². The number of oxazole rings is 1. The van der Waals surface area contributed by atoms with E-state index in [1.165, 1.54) is 35.3 Å². The Bertz CT molecular complexity index is 1490. The molecule has 0 aliphatic rings. The number of rotatable bonds is 11. The standard InChI is InChI=1S/C26H29N3O7S/c1-15(13-30)14-36-19(18-7-5-4-6-8-18)12-29-24-21(20(17(3)37-24)22-27-9-10-35-22)23(31)28(26(29)34)11-16(2)25(32)33/h4-10,15-16,19,30H,11-14H2,1-3H3,(H,32,33)/t15?,16?,19-/m0/s1. The fraction of sp³-hybridized carbons (Fsp3) is 0.385. The van der Waals surface area contributed by atoms with E-state index in [1.807, 2.05) is 44.2 Å². The molecule has 0 amide bonds. The summed E-state index contributed by atoms with van der Waals surface area (Å²) in [4.78, 5) is 44.3. The summed E-state index contributed by atoms with van der Waals surface area (Å²) in [5.41, 5.74) is 0.0932. The number of aliphatic hydroxyl groups excluding tert-OH is 1. The molecular weight excluding hydrogens is 498 g/mol. The van der Waals surface area contributed by atoms with Crippen LogP contribution >= 0.6 is 11.3 Å². The van der Waals surface area contributed by atoms with Gasteiger partial charge in [0, 0.05) is 23.9 Å². The van der Waals surface area contributed by atoms with E-state index < -0.39 is 29.2 Å². The van der Waals surface area contributed by atoms with E-state index in [1.54, 1.807) is 0 Å². The zero-order chi connectivity index (χ0) is 26.7. The number of nitrogens with zero attached hydrogens (tertiary/aromatic N) is 3. The second-order valence-electron chi connectivity index (χ2n) is 9.12. The predicted octanol–water partition coefficient (Wildman–Crippen LogP) is 3.30. The lowest BCUT2D eigenvalue weighted by Crippen LogP contribution is -2.42. The number of aliphatic hydroxyl groups is 1. The first-order valence-corrected chi connectivity index (χ1v) is 12.7. The Morgan fingerprint density at radius 1 is 1.16 bits per heavy atom. The van der Waals surface area contributed by atoms with Gasteiger partial charge in [-0.25, -0.2) is 9.78 Å². The number of hydrogen-bond acceptors (Lipinski definition) is 8. The quantitative estimate of drug-likeness (QED) is 0.303. The number of ether oxygens (including phenoxy) is 1. The van der Waals surface area contributed by atoms with Crippen molar-refractivity contribution in [1.29, 1.82) is 0 Å². The maximum absolute atomic E-state index is 13.7. The second-order valence-corrected chi connectivity index (χ2v) is 10.3. The van der Waals surface area contributed by atoms with Crippen molar-refractivity contribution in [1.82, 2.24) is 14.1 Å². The highest BCUT2D eigenvalue weighted by Crippen LogP contribution is 2.36. The Morgan fingerprint density at radius 2 is 1.89 bits per heavy atom. The van der Waals surface area contributed by atoms with Crippen molar-refractivity contribution in [2.45, 2.75) is 40.0 Å². The number of hydrogen-bond donors (Lipinski definition) is 2. The third-order valence-corrected chi connectivity index (χ3v) is 7.30. The van der Waals surface area contributed by atoms with E-state index in [2.05, 4.69) is 4.98 Å². The Kier molecular flexibility index (Phi) is 8.06. The van der Waals surface area contributed by atoms with Crippen LogP contribution in [-0.2, 0) is 22.6 Å². The Hall–Kier alpha value is -3.54. The van der Waals surface area contributed by atoms with Crippen molar-refractivity contribution >= 4 is 27.5 Å². The smallest absolute Gasteiger partial charge is 0.332 e. The average molecular weight is 528 g/mol. The maximum atomic E-state index is 13.7. The number of carbonyl (C=O) groups is 1. The van der Waals surface area contributed by atoms with Gasteiger partial charge in [0.15, 0.2) is 0 Å². The van der Waals surface area contributed by atoms with E-state index in [0.29, 0.717) is 10.4 Å². The fourth-order valence-corrected chi connectivity index (χ4v) is 5.21. The molecule has 4 aromatic rings. The molecule has 0 aliphatic carbocycles. The molecule has 11 heteroatoms. The summed E-state index contributed by atoms with van der Waals surface area (Å²) < 4.78 is 14.1. The van der Waals surface area contributed by atoms with Crippen molar-refractivity contribution in [3.05, 3.63) is 74.1 Å². The van der Waals surface area contributed by atoms with E-state index in [4.69, 9.17) is 9.15 Å².